The summed E-state index contributed by atoms with van der Waals surface area (Å²) in [5, 5.41) is 0. The van der Waals surface area contributed by atoms with E-state index in [-0.39, 0.29) is 43.8 Å². The molecule has 1 fully saturated rings. The summed E-state index contributed by atoms with van der Waals surface area (Å²) < 4.78 is 25.3. The van der Waals surface area contributed by atoms with Gasteiger partial charge in [0.2, 0.25) is 5.78 Å². The summed E-state index contributed by atoms with van der Waals surface area (Å²) in [4.78, 5) is 41.5. The molecule has 0 N–H and O–H groups in total. The normalized spacial score (nSPS) is 16.6. The topological polar surface area (TPSA) is 85.8 Å². The first kappa shape index (κ1) is 20.8. The smallest absolute Gasteiger partial charge is 0.410 e. The van der Waals surface area contributed by atoms with Crippen molar-refractivity contribution in [2.24, 2.45) is 0 Å². The zero-order valence-corrected chi connectivity index (χ0v) is 16.1. The molecule has 0 aliphatic carbocycles. The molecule has 1 aromatic rings. The van der Waals surface area contributed by atoms with E-state index >= 15 is 4.39 Å². The molecule has 0 aromatic carbocycles. The molecule has 0 saturated carbocycles. The van der Waals surface area contributed by atoms with E-state index in [1.165, 1.54) is 23.2 Å². The molecule has 148 valence electrons. The molecule has 0 spiro atoms. The van der Waals surface area contributed by atoms with Crippen LogP contribution < -0.4 is 0 Å². The Bertz CT molecular complexity index is 704. The lowest BCUT2D eigenvalue weighted by atomic mass is 9.86. The zero-order valence-electron chi connectivity index (χ0n) is 16.1. The van der Waals surface area contributed by atoms with Crippen molar-refractivity contribution in [3.63, 3.8) is 0 Å². The van der Waals surface area contributed by atoms with Crippen molar-refractivity contribution in [1.82, 2.24) is 9.88 Å². The zero-order chi connectivity index (χ0) is 20.2. The number of alkyl halides is 1. The SMILES string of the molecule is CCOC(=O)c1ccc(C(=O)C2(F)CCN(C(=O)OC(C)(C)C)CC2)cn1. The van der Waals surface area contributed by atoms with Crippen molar-refractivity contribution in [1.29, 1.82) is 0 Å². The third-order valence-electron chi connectivity index (χ3n) is 4.12. The van der Waals surface area contributed by atoms with E-state index in [9.17, 15) is 14.4 Å². The molecule has 1 amide bonds. The number of hydrogen-bond acceptors (Lipinski definition) is 6. The molecule has 1 saturated heterocycles. The van der Waals surface area contributed by atoms with Crippen molar-refractivity contribution in [2.75, 3.05) is 19.7 Å². The van der Waals surface area contributed by atoms with Crippen LogP contribution in [0.5, 0.6) is 0 Å². The van der Waals surface area contributed by atoms with Crippen LogP contribution in [0, 0.1) is 0 Å². The second kappa shape index (κ2) is 8.02. The molecule has 2 rings (SSSR count). The number of nitrogens with zero attached hydrogens (tertiary/aromatic N) is 2. The largest absolute Gasteiger partial charge is 0.461 e. The number of carbonyl (C=O) groups excluding carboxylic acids is 3. The number of likely N-dealkylation sites (tertiary alicyclic amines) is 1. The number of rotatable bonds is 4. The lowest BCUT2D eigenvalue weighted by Crippen LogP contribution is -2.49. The Balaban J connectivity index is 2.01. The molecule has 1 aromatic heterocycles. The Morgan fingerprint density at radius 1 is 1.22 bits per heavy atom. The monoisotopic (exact) mass is 380 g/mol. The van der Waals surface area contributed by atoms with E-state index in [1.54, 1.807) is 27.7 Å². The second-order valence-electron chi connectivity index (χ2n) is 7.41. The van der Waals surface area contributed by atoms with E-state index in [1.807, 2.05) is 0 Å². The highest BCUT2D eigenvalue weighted by Gasteiger charge is 2.43. The number of hydrogen-bond donors (Lipinski definition) is 0. The van der Waals surface area contributed by atoms with Gasteiger partial charge in [0.15, 0.2) is 5.67 Å². The van der Waals surface area contributed by atoms with E-state index in [0.717, 1.165) is 0 Å². The highest BCUT2D eigenvalue weighted by atomic mass is 19.1. The Kier molecular flexibility index (Phi) is 6.18. The minimum atomic E-state index is -2.08. The van der Waals surface area contributed by atoms with Crippen LogP contribution in [0.2, 0.25) is 0 Å². The first-order valence-corrected chi connectivity index (χ1v) is 8.90. The molecule has 1 aliphatic rings. The van der Waals surface area contributed by atoms with Crippen LogP contribution in [0.25, 0.3) is 0 Å². The van der Waals surface area contributed by atoms with Gasteiger partial charge < -0.3 is 14.4 Å². The highest BCUT2D eigenvalue weighted by Crippen LogP contribution is 2.31. The second-order valence-corrected chi connectivity index (χ2v) is 7.41. The highest BCUT2D eigenvalue weighted by molar-refractivity contribution is 6.02. The molecule has 0 atom stereocenters. The minimum absolute atomic E-state index is 0.0565. The van der Waals surface area contributed by atoms with Crippen LogP contribution in [-0.2, 0) is 9.47 Å². The van der Waals surface area contributed by atoms with Crippen LogP contribution >= 0.6 is 0 Å². The molecule has 27 heavy (non-hydrogen) atoms. The summed E-state index contributed by atoms with van der Waals surface area (Å²) in [5.41, 5.74) is -2.58. The fourth-order valence-corrected chi connectivity index (χ4v) is 2.71. The first-order chi connectivity index (χ1) is 12.6. The number of Topliss-reactive ketones (excluding diaryl/α,β-unsaturated/α-hetero) is 1. The van der Waals surface area contributed by atoms with Gasteiger partial charge in [0.25, 0.3) is 0 Å². The predicted molar refractivity (Wildman–Crippen MR) is 95.4 cm³/mol. The third-order valence-corrected chi connectivity index (χ3v) is 4.12. The molecule has 1 aliphatic heterocycles. The molecule has 2 heterocycles. The summed E-state index contributed by atoms with van der Waals surface area (Å²) in [7, 11) is 0. The van der Waals surface area contributed by atoms with E-state index < -0.39 is 29.1 Å². The van der Waals surface area contributed by atoms with Gasteiger partial charge in [-0.1, -0.05) is 0 Å². The number of esters is 1. The molecular weight excluding hydrogens is 355 g/mol. The standard InChI is InChI=1S/C19H25FN2O5/c1-5-26-16(24)14-7-6-13(12-21-14)15(23)19(20)8-10-22(11-9-19)17(25)27-18(2,3)4/h6-7,12H,5,8-11H2,1-4H3. The molecule has 0 radical (unpaired) electrons. The summed E-state index contributed by atoms with van der Waals surface area (Å²) in [6.45, 7) is 7.33. The van der Waals surface area contributed by atoms with Gasteiger partial charge in [0, 0.05) is 37.7 Å². The number of aromatic nitrogens is 1. The lowest BCUT2D eigenvalue weighted by molar-refractivity contribution is 0.00500. The fourth-order valence-electron chi connectivity index (χ4n) is 2.71. The van der Waals surface area contributed by atoms with Crippen LogP contribution in [-0.4, -0.2) is 58.7 Å². The molecular formula is C19H25FN2O5. The Hall–Kier alpha value is -2.51. The van der Waals surface area contributed by atoms with Gasteiger partial charge in [-0.15, -0.1) is 0 Å². The summed E-state index contributed by atoms with van der Waals surface area (Å²) in [6.07, 6.45) is 0.420. The van der Waals surface area contributed by atoms with Crippen molar-refractivity contribution in [3.8, 4) is 0 Å². The predicted octanol–water partition coefficient (Wildman–Crippen LogP) is 3.18. The van der Waals surface area contributed by atoms with Crippen LogP contribution in [0.1, 0.15) is 61.4 Å². The number of piperidine rings is 1. The number of amides is 1. The number of ketones is 1. The molecule has 7 nitrogen and oxygen atoms in total. The summed E-state index contributed by atoms with van der Waals surface area (Å²) in [6, 6.07) is 2.70. The molecule has 0 bridgehead atoms. The number of carbonyl (C=O) groups is 3. The Morgan fingerprint density at radius 3 is 2.33 bits per heavy atom. The molecule has 0 unspecified atom stereocenters. The average molecular weight is 380 g/mol. The van der Waals surface area contributed by atoms with Crippen molar-refractivity contribution < 1.29 is 28.2 Å². The van der Waals surface area contributed by atoms with E-state index in [0.29, 0.717) is 0 Å². The van der Waals surface area contributed by atoms with Gasteiger partial charge in [-0.2, -0.15) is 0 Å². The summed E-state index contributed by atoms with van der Waals surface area (Å²) in [5.74, 6) is -1.30. The third kappa shape index (κ3) is 5.24. The number of halogens is 1. The van der Waals surface area contributed by atoms with Crippen molar-refractivity contribution in [2.45, 2.75) is 51.8 Å². The Morgan fingerprint density at radius 2 is 1.85 bits per heavy atom. The van der Waals surface area contributed by atoms with Gasteiger partial charge in [-0.25, -0.2) is 19.0 Å². The first-order valence-electron chi connectivity index (χ1n) is 8.90. The van der Waals surface area contributed by atoms with Gasteiger partial charge in [0.1, 0.15) is 11.3 Å². The van der Waals surface area contributed by atoms with Crippen molar-refractivity contribution >= 4 is 17.8 Å². The van der Waals surface area contributed by atoms with Gasteiger partial charge in [0.05, 0.1) is 6.61 Å². The van der Waals surface area contributed by atoms with Gasteiger partial charge >= 0.3 is 12.1 Å². The average Bonchev–Trinajstić information content (AvgIpc) is 2.60. The van der Waals surface area contributed by atoms with E-state index in [4.69, 9.17) is 9.47 Å². The van der Waals surface area contributed by atoms with Crippen LogP contribution in [0.4, 0.5) is 9.18 Å². The summed E-state index contributed by atoms with van der Waals surface area (Å²) >= 11 is 0. The Labute approximate surface area is 157 Å². The van der Waals surface area contributed by atoms with E-state index in [2.05, 4.69) is 4.98 Å². The van der Waals surface area contributed by atoms with Crippen LogP contribution in [0.15, 0.2) is 18.3 Å². The minimum Gasteiger partial charge on any atom is -0.461 e. The number of ether oxygens (including phenoxy) is 2. The fraction of sp³-hybridized carbons (Fsp3) is 0.579. The number of pyridine rings is 1. The maximum absolute atomic E-state index is 15.2. The van der Waals surface area contributed by atoms with Crippen LogP contribution in [0.3, 0.4) is 0 Å². The quantitative estimate of drug-likeness (QED) is 0.589. The van der Waals surface area contributed by atoms with Gasteiger partial charge in [-0.05, 0) is 39.8 Å². The maximum atomic E-state index is 15.2. The molecule has 8 heteroatoms. The lowest BCUT2D eigenvalue weighted by Gasteiger charge is -2.36. The van der Waals surface area contributed by atoms with Gasteiger partial charge in [-0.3, -0.25) is 4.79 Å². The van der Waals surface area contributed by atoms with Crippen molar-refractivity contribution in [3.05, 3.63) is 29.6 Å². The maximum Gasteiger partial charge on any atom is 0.410 e.